The Hall–Kier alpha value is -0.766. The second-order valence-electron chi connectivity index (χ2n) is 6.37. The van der Waals surface area contributed by atoms with Gasteiger partial charge in [-0.3, -0.25) is 9.98 Å². The average molecular weight is 523 g/mol. The molecule has 0 saturated heterocycles. The van der Waals surface area contributed by atoms with E-state index in [0.29, 0.717) is 11.8 Å². The molecule has 0 heterocycles. The van der Waals surface area contributed by atoms with Gasteiger partial charge in [-0.2, -0.15) is 0 Å². The molecule has 2 unspecified atom stereocenters. The summed E-state index contributed by atoms with van der Waals surface area (Å²) in [5, 5.41) is 0. The molecule has 0 radical (unpaired) electrons. The molecule has 0 amide bonds. The van der Waals surface area contributed by atoms with E-state index in [1.807, 2.05) is 36.4 Å². The quantitative estimate of drug-likeness (QED) is 0.291. The van der Waals surface area contributed by atoms with Crippen molar-refractivity contribution in [3.05, 3.63) is 60.7 Å². The van der Waals surface area contributed by atoms with E-state index in [1.165, 1.54) is 41.6 Å². The molecule has 2 nitrogen and oxygen atoms in total. The van der Waals surface area contributed by atoms with Crippen molar-refractivity contribution in [1.82, 2.24) is 0 Å². The van der Waals surface area contributed by atoms with E-state index in [0.717, 1.165) is 11.4 Å². The first-order valence-corrected chi connectivity index (χ1v) is 13.6. The third-order valence-electron chi connectivity index (χ3n) is 4.71. The molecule has 1 fully saturated rings. The summed E-state index contributed by atoms with van der Waals surface area (Å²) in [6, 6.07) is 20.5. The van der Waals surface area contributed by atoms with Crippen LogP contribution in [0.5, 0.6) is 0 Å². The van der Waals surface area contributed by atoms with Crippen molar-refractivity contribution in [1.29, 1.82) is 0 Å². The molecule has 1 saturated carbocycles. The molecule has 2 aromatic rings. The Morgan fingerprint density at radius 1 is 0.769 bits per heavy atom. The Labute approximate surface area is 177 Å². The molecule has 2 aromatic carbocycles. The van der Waals surface area contributed by atoms with Gasteiger partial charge in [0, 0.05) is 23.3 Å². The van der Waals surface area contributed by atoms with Crippen molar-refractivity contribution in [3.8, 4) is 0 Å². The minimum absolute atomic E-state index is 0.516. The van der Waals surface area contributed by atoms with Crippen LogP contribution in [0.4, 0.5) is 11.4 Å². The number of rotatable bonds is 4. The maximum absolute atomic E-state index is 4.84. The van der Waals surface area contributed by atoms with Crippen LogP contribution >= 0.6 is 28.5 Å². The number of halogens is 2. The fourth-order valence-electron chi connectivity index (χ4n) is 3.54. The normalized spacial score (nSPS) is 20.6. The van der Waals surface area contributed by atoms with Gasteiger partial charge in [0.2, 0.25) is 0 Å². The van der Waals surface area contributed by atoms with Gasteiger partial charge in [-0.15, -0.1) is 0 Å². The Morgan fingerprint density at radius 2 is 1.12 bits per heavy atom. The Bertz CT molecular complexity index is 656. The molecular weight excluding hydrogens is 499 g/mol. The fraction of sp³-hybridized carbons (Fsp3) is 0.333. The van der Waals surface area contributed by atoms with E-state index in [1.54, 1.807) is 0 Å². The van der Waals surface area contributed by atoms with Crippen LogP contribution in [-0.4, -0.2) is 11.4 Å². The number of hydrogen-bond acceptors (Lipinski definition) is 2. The van der Waals surface area contributed by atoms with Crippen molar-refractivity contribution < 1.29 is 10.9 Å². The van der Waals surface area contributed by atoms with Crippen LogP contribution in [0.15, 0.2) is 70.6 Å². The standard InChI is InChI=1S/C21H24N2.2BrH.Ni/c1-16(22-18-10-5-3-6-11-18)20-14-9-15-21(20)17(2)23-19-12-7-4-8-13-19;;;/h3-8,10-13,20-21H,9,14-15H2,1-2H3;2*1H;/q;;;+2/p-2. The zero-order valence-electron chi connectivity index (χ0n) is 15.0. The van der Waals surface area contributed by atoms with E-state index in [4.69, 9.17) is 9.98 Å². The fourth-order valence-corrected chi connectivity index (χ4v) is 3.54. The molecule has 0 aliphatic heterocycles. The molecule has 142 valence electrons. The van der Waals surface area contributed by atoms with Crippen LogP contribution in [0.1, 0.15) is 33.1 Å². The van der Waals surface area contributed by atoms with Crippen LogP contribution in [-0.2, 0) is 10.9 Å². The van der Waals surface area contributed by atoms with E-state index in [-0.39, 0.29) is 0 Å². The predicted octanol–water partition coefficient (Wildman–Crippen LogP) is 7.68. The van der Waals surface area contributed by atoms with Crippen molar-refractivity contribution in [2.45, 2.75) is 33.1 Å². The van der Waals surface area contributed by atoms with Gasteiger partial charge in [0.15, 0.2) is 0 Å². The second kappa shape index (κ2) is 11.8. The molecule has 1 aliphatic carbocycles. The van der Waals surface area contributed by atoms with E-state index < -0.39 is 0 Å². The van der Waals surface area contributed by atoms with Crippen LogP contribution in [0, 0.1) is 11.8 Å². The SMILES string of the molecule is CC(=Nc1ccccc1)C1CCCC1C(C)=Nc1ccccc1.[Br][Ni][Br]. The first kappa shape index (κ1) is 21.5. The number of para-hydroxylation sites is 2. The molecule has 0 bridgehead atoms. The van der Waals surface area contributed by atoms with Crippen LogP contribution in [0.3, 0.4) is 0 Å². The summed E-state index contributed by atoms with van der Waals surface area (Å²) in [4.78, 5) is 9.68. The Balaban J connectivity index is 0.000000758. The third kappa shape index (κ3) is 6.76. The molecule has 26 heavy (non-hydrogen) atoms. The predicted molar refractivity (Wildman–Crippen MR) is 117 cm³/mol. The zero-order chi connectivity index (χ0) is 18.8. The number of aliphatic imine (C=N–C) groups is 2. The topological polar surface area (TPSA) is 24.7 Å². The molecule has 5 heteroatoms. The summed E-state index contributed by atoms with van der Waals surface area (Å²) >= 11 is 6.00. The number of benzene rings is 2. The average Bonchev–Trinajstić information content (AvgIpc) is 3.14. The van der Waals surface area contributed by atoms with Gasteiger partial charge in [-0.1, -0.05) is 42.8 Å². The number of nitrogens with zero attached hydrogens (tertiary/aromatic N) is 2. The van der Waals surface area contributed by atoms with Gasteiger partial charge in [0.1, 0.15) is 0 Å². The van der Waals surface area contributed by atoms with E-state index >= 15 is 0 Å². The molecular formula is C21H24Br2N2Ni. The van der Waals surface area contributed by atoms with Crippen molar-refractivity contribution in [2.24, 2.45) is 21.8 Å². The Morgan fingerprint density at radius 3 is 1.46 bits per heavy atom. The molecule has 2 atom stereocenters. The van der Waals surface area contributed by atoms with Crippen LogP contribution in [0.2, 0.25) is 0 Å². The van der Waals surface area contributed by atoms with Crippen molar-refractivity contribution >= 4 is 51.2 Å². The summed E-state index contributed by atoms with van der Waals surface area (Å²) < 4.78 is 0. The van der Waals surface area contributed by atoms with Gasteiger partial charge in [-0.05, 0) is 51.0 Å². The molecule has 0 N–H and O–H groups in total. The zero-order valence-corrected chi connectivity index (χ0v) is 19.2. The summed E-state index contributed by atoms with van der Waals surface area (Å²) in [7, 11) is 1.25. The van der Waals surface area contributed by atoms with Gasteiger partial charge in [0.25, 0.3) is 0 Å². The van der Waals surface area contributed by atoms with E-state index in [9.17, 15) is 0 Å². The van der Waals surface area contributed by atoms with Crippen molar-refractivity contribution in [3.63, 3.8) is 0 Å². The summed E-state index contributed by atoms with van der Waals surface area (Å²) in [6.45, 7) is 4.34. The molecule has 0 spiro atoms. The Kier molecular flexibility index (Phi) is 9.81. The third-order valence-corrected chi connectivity index (χ3v) is 4.71. The first-order chi connectivity index (χ1) is 12.7. The molecule has 3 rings (SSSR count). The van der Waals surface area contributed by atoms with E-state index in [2.05, 4.69) is 66.6 Å². The van der Waals surface area contributed by atoms with Gasteiger partial charge >= 0.3 is 39.3 Å². The van der Waals surface area contributed by atoms with Crippen LogP contribution in [0.25, 0.3) is 0 Å². The minimum atomic E-state index is 0.516. The van der Waals surface area contributed by atoms with Gasteiger partial charge < -0.3 is 0 Å². The van der Waals surface area contributed by atoms with Crippen molar-refractivity contribution in [2.75, 3.05) is 0 Å². The summed E-state index contributed by atoms with van der Waals surface area (Å²) in [6.07, 6.45) is 3.70. The molecule has 0 aromatic heterocycles. The summed E-state index contributed by atoms with van der Waals surface area (Å²) in [5.41, 5.74) is 4.57. The van der Waals surface area contributed by atoms with Gasteiger partial charge in [0.05, 0.1) is 11.4 Å². The van der Waals surface area contributed by atoms with Crippen LogP contribution < -0.4 is 0 Å². The van der Waals surface area contributed by atoms with Gasteiger partial charge in [-0.25, -0.2) is 0 Å². The maximum atomic E-state index is 4.84. The monoisotopic (exact) mass is 520 g/mol. The summed E-state index contributed by atoms with van der Waals surface area (Å²) in [5.74, 6) is 1.03. The second-order valence-corrected chi connectivity index (χ2v) is 11.4. The number of hydrogen-bond donors (Lipinski definition) is 0. The molecule has 1 aliphatic rings. The first-order valence-electron chi connectivity index (χ1n) is 8.68.